The third kappa shape index (κ3) is 3.81. The molecule has 2 aromatic carbocycles. The number of hydrogen-bond donors (Lipinski definition) is 2. The third-order valence-corrected chi connectivity index (χ3v) is 7.01. The first kappa shape index (κ1) is 18.7. The van der Waals surface area contributed by atoms with Gasteiger partial charge in [0, 0.05) is 42.3 Å². The summed E-state index contributed by atoms with van der Waals surface area (Å²) in [5.41, 5.74) is 2.65. The second kappa shape index (κ2) is 7.77. The topological polar surface area (TPSA) is 82.3 Å². The molecule has 0 bridgehead atoms. The van der Waals surface area contributed by atoms with Crippen LogP contribution in [0.25, 0.3) is 10.9 Å². The number of carbonyl (C=O) groups is 1. The van der Waals surface area contributed by atoms with Crippen molar-refractivity contribution < 1.29 is 13.2 Å². The Kier molecular flexibility index (Phi) is 5.19. The number of benzene rings is 2. The largest absolute Gasteiger partial charge is 0.361 e. The molecule has 0 aliphatic carbocycles. The maximum Gasteiger partial charge on any atom is 0.243 e. The highest BCUT2D eigenvalue weighted by Gasteiger charge is 2.27. The molecule has 146 valence electrons. The molecule has 0 spiro atoms. The quantitative estimate of drug-likeness (QED) is 0.668. The molecule has 2 heterocycles. The molecule has 1 aliphatic heterocycles. The number of hydrogen-bond acceptors (Lipinski definition) is 3. The summed E-state index contributed by atoms with van der Waals surface area (Å²) in [5.74, 6) is -0.138. The van der Waals surface area contributed by atoms with E-state index in [0.717, 1.165) is 29.3 Å². The van der Waals surface area contributed by atoms with Gasteiger partial charge in [-0.15, -0.1) is 0 Å². The monoisotopic (exact) mass is 397 g/mol. The van der Waals surface area contributed by atoms with Crippen molar-refractivity contribution in [2.45, 2.75) is 30.6 Å². The zero-order chi connectivity index (χ0) is 19.6. The lowest BCUT2D eigenvalue weighted by atomic mass is 10.1. The Morgan fingerprint density at radius 2 is 1.86 bits per heavy atom. The number of aromatic nitrogens is 1. The number of aryl methyl sites for hydroxylation is 1. The van der Waals surface area contributed by atoms with E-state index < -0.39 is 10.0 Å². The highest BCUT2D eigenvalue weighted by atomic mass is 32.2. The van der Waals surface area contributed by atoms with E-state index in [2.05, 4.69) is 10.3 Å². The van der Waals surface area contributed by atoms with E-state index in [-0.39, 0.29) is 10.8 Å². The van der Waals surface area contributed by atoms with Crippen LogP contribution in [0, 0.1) is 0 Å². The minimum atomic E-state index is -3.49. The van der Waals surface area contributed by atoms with Crippen molar-refractivity contribution in [1.82, 2.24) is 9.29 Å². The predicted molar refractivity (Wildman–Crippen MR) is 110 cm³/mol. The third-order valence-electron chi connectivity index (χ3n) is 5.12. The molecule has 7 heteroatoms. The minimum Gasteiger partial charge on any atom is -0.361 e. The Labute approximate surface area is 164 Å². The minimum absolute atomic E-state index is 0.138. The highest BCUT2D eigenvalue weighted by Crippen LogP contribution is 2.23. The SMILES string of the molecule is O=C(CCc1c[nH]c2ccccc12)Nc1cccc(S(=O)(=O)N2CCCC2)c1. The standard InChI is InChI=1S/C21H23N3O3S/c25-21(11-10-16-15-22-20-9-2-1-8-19(16)20)23-17-6-5-7-18(14-17)28(26,27)24-12-3-4-13-24/h1-2,5-9,14-15,22H,3-4,10-13H2,(H,23,25). The molecule has 0 saturated carbocycles. The van der Waals surface area contributed by atoms with Gasteiger partial charge in [-0.05, 0) is 49.1 Å². The van der Waals surface area contributed by atoms with Gasteiger partial charge in [-0.2, -0.15) is 4.31 Å². The molecule has 4 rings (SSSR count). The van der Waals surface area contributed by atoms with Crippen LogP contribution in [0.3, 0.4) is 0 Å². The number of fused-ring (bicyclic) bond motifs is 1. The van der Waals surface area contributed by atoms with Crippen LogP contribution in [-0.4, -0.2) is 36.7 Å². The van der Waals surface area contributed by atoms with Gasteiger partial charge < -0.3 is 10.3 Å². The summed E-state index contributed by atoms with van der Waals surface area (Å²) in [5, 5.41) is 3.94. The van der Waals surface area contributed by atoms with Crippen molar-refractivity contribution in [2.75, 3.05) is 18.4 Å². The zero-order valence-electron chi connectivity index (χ0n) is 15.5. The normalized spacial score (nSPS) is 15.1. The molecule has 1 amide bonds. The summed E-state index contributed by atoms with van der Waals surface area (Å²) in [6.45, 7) is 1.12. The average molecular weight is 398 g/mol. The molecule has 28 heavy (non-hydrogen) atoms. The molecule has 1 saturated heterocycles. The Morgan fingerprint density at radius 3 is 2.68 bits per heavy atom. The van der Waals surface area contributed by atoms with Crippen molar-refractivity contribution in [3.05, 3.63) is 60.3 Å². The van der Waals surface area contributed by atoms with Crippen LogP contribution in [0.5, 0.6) is 0 Å². The van der Waals surface area contributed by atoms with Crippen LogP contribution in [0.4, 0.5) is 5.69 Å². The van der Waals surface area contributed by atoms with Gasteiger partial charge in [0.15, 0.2) is 0 Å². The molecule has 0 radical (unpaired) electrons. The lowest BCUT2D eigenvalue weighted by molar-refractivity contribution is -0.116. The van der Waals surface area contributed by atoms with E-state index >= 15 is 0 Å². The summed E-state index contributed by atoms with van der Waals surface area (Å²) in [4.78, 5) is 15.8. The molecule has 0 unspecified atom stereocenters. The van der Waals surface area contributed by atoms with Crippen molar-refractivity contribution in [3.8, 4) is 0 Å². The predicted octanol–water partition coefficient (Wildman–Crippen LogP) is 3.52. The number of sulfonamides is 1. The molecule has 6 nitrogen and oxygen atoms in total. The number of carbonyl (C=O) groups excluding carboxylic acids is 1. The molecule has 0 atom stereocenters. The second-order valence-electron chi connectivity index (χ2n) is 7.05. The van der Waals surface area contributed by atoms with Crippen molar-refractivity contribution in [1.29, 1.82) is 0 Å². The van der Waals surface area contributed by atoms with E-state index in [1.807, 2.05) is 30.5 Å². The van der Waals surface area contributed by atoms with E-state index in [0.29, 0.717) is 31.6 Å². The summed E-state index contributed by atoms with van der Waals surface area (Å²) in [6, 6.07) is 14.5. The Morgan fingerprint density at radius 1 is 1.07 bits per heavy atom. The molecule has 1 aliphatic rings. The van der Waals surface area contributed by atoms with Gasteiger partial charge in [0.25, 0.3) is 0 Å². The maximum atomic E-state index is 12.7. The van der Waals surface area contributed by atoms with E-state index in [4.69, 9.17) is 0 Å². The van der Waals surface area contributed by atoms with Crippen molar-refractivity contribution in [3.63, 3.8) is 0 Å². The van der Waals surface area contributed by atoms with Crippen molar-refractivity contribution in [2.24, 2.45) is 0 Å². The summed E-state index contributed by atoms with van der Waals surface area (Å²) >= 11 is 0. The first-order chi connectivity index (χ1) is 13.5. The van der Waals surface area contributed by atoms with E-state index in [1.165, 1.54) is 10.4 Å². The van der Waals surface area contributed by atoms with E-state index in [1.54, 1.807) is 18.2 Å². The Bertz CT molecular complexity index is 1100. The smallest absolute Gasteiger partial charge is 0.243 e. The number of nitrogens with zero attached hydrogens (tertiary/aromatic N) is 1. The summed E-state index contributed by atoms with van der Waals surface area (Å²) in [6.07, 6.45) is 4.65. The molecular formula is C21H23N3O3S. The second-order valence-corrected chi connectivity index (χ2v) is 8.98. The summed E-state index contributed by atoms with van der Waals surface area (Å²) < 4.78 is 26.9. The maximum absolute atomic E-state index is 12.7. The molecule has 1 aromatic heterocycles. The highest BCUT2D eigenvalue weighted by molar-refractivity contribution is 7.89. The molecule has 2 N–H and O–H groups in total. The lowest BCUT2D eigenvalue weighted by Crippen LogP contribution is -2.27. The van der Waals surface area contributed by atoms with Gasteiger partial charge in [0.2, 0.25) is 15.9 Å². The number of para-hydroxylation sites is 1. The molecular weight excluding hydrogens is 374 g/mol. The van der Waals surface area contributed by atoms with Gasteiger partial charge >= 0.3 is 0 Å². The fourth-order valence-corrected chi connectivity index (χ4v) is 5.19. The number of H-pyrrole nitrogens is 1. The lowest BCUT2D eigenvalue weighted by Gasteiger charge is -2.16. The van der Waals surface area contributed by atoms with Crippen LogP contribution < -0.4 is 5.32 Å². The Hall–Kier alpha value is -2.64. The van der Waals surface area contributed by atoms with Crippen LogP contribution >= 0.6 is 0 Å². The number of amides is 1. The summed E-state index contributed by atoms with van der Waals surface area (Å²) in [7, 11) is -3.49. The van der Waals surface area contributed by atoms with Gasteiger partial charge in [-0.3, -0.25) is 4.79 Å². The fourth-order valence-electron chi connectivity index (χ4n) is 3.62. The number of rotatable bonds is 6. The van der Waals surface area contributed by atoms with Crippen LogP contribution in [-0.2, 0) is 21.2 Å². The zero-order valence-corrected chi connectivity index (χ0v) is 16.3. The first-order valence-electron chi connectivity index (χ1n) is 9.49. The van der Waals surface area contributed by atoms with Gasteiger partial charge in [-0.1, -0.05) is 24.3 Å². The molecule has 3 aromatic rings. The van der Waals surface area contributed by atoms with Gasteiger partial charge in [0.1, 0.15) is 0 Å². The number of aromatic amines is 1. The van der Waals surface area contributed by atoms with Crippen LogP contribution in [0.15, 0.2) is 59.6 Å². The van der Waals surface area contributed by atoms with E-state index in [9.17, 15) is 13.2 Å². The fraction of sp³-hybridized carbons (Fsp3) is 0.286. The van der Waals surface area contributed by atoms with Crippen LogP contribution in [0.1, 0.15) is 24.8 Å². The first-order valence-corrected chi connectivity index (χ1v) is 10.9. The molecule has 1 fully saturated rings. The number of nitrogens with one attached hydrogen (secondary N) is 2. The number of anilines is 1. The Balaban J connectivity index is 1.42. The van der Waals surface area contributed by atoms with Crippen LogP contribution in [0.2, 0.25) is 0 Å². The van der Waals surface area contributed by atoms with Gasteiger partial charge in [0.05, 0.1) is 4.90 Å². The average Bonchev–Trinajstić information content (AvgIpc) is 3.37. The van der Waals surface area contributed by atoms with Gasteiger partial charge in [-0.25, -0.2) is 8.42 Å². The van der Waals surface area contributed by atoms with Crippen molar-refractivity contribution >= 4 is 32.5 Å².